The Hall–Kier alpha value is 0.290. The van der Waals surface area contributed by atoms with E-state index in [0.717, 1.165) is 4.90 Å². The van der Waals surface area contributed by atoms with Gasteiger partial charge in [0.2, 0.25) is 11.8 Å². The van der Waals surface area contributed by atoms with Crippen LogP contribution in [0.2, 0.25) is 0 Å². The number of alkyl halides is 4. The largest absolute Gasteiger partial charge is 0.298 e. The van der Waals surface area contributed by atoms with Gasteiger partial charge < -0.3 is 0 Å². The fraction of sp³-hybridized carbons (Fsp3) is 0.583. The Balaban J connectivity index is 2.21. The first-order chi connectivity index (χ1) is 9.94. The molecule has 1 aliphatic heterocycles. The number of carbonyl (C=O) groups is 3. The van der Waals surface area contributed by atoms with Crippen molar-refractivity contribution in [2.45, 2.75) is 21.0 Å². The van der Waals surface area contributed by atoms with Gasteiger partial charge in [0.25, 0.3) is 0 Å². The summed E-state index contributed by atoms with van der Waals surface area (Å²) in [5, 5.41) is -0.300. The molecular formula is C12H7Cl6NO3. The van der Waals surface area contributed by atoms with Crippen molar-refractivity contribution in [3.05, 3.63) is 10.1 Å². The number of Topliss-reactive ketones (excluding diaryl/α,β-unsaturated/α-hetero) is 1. The van der Waals surface area contributed by atoms with Crippen molar-refractivity contribution >= 4 is 87.2 Å². The molecule has 0 unspecified atom stereocenters. The Morgan fingerprint density at radius 2 is 1.36 bits per heavy atom. The molecule has 1 saturated heterocycles. The summed E-state index contributed by atoms with van der Waals surface area (Å²) in [5.74, 6) is -4.09. The van der Waals surface area contributed by atoms with Gasteiger partial charge in [-0.05, 0) is 6.92 Å². The molecule has 2 fully saturated rings. The zero-order valence-corrected chi connectivity index (χ0v) is 15.3. The number of halogens is 6. The summed E-state index contributed by atoms with van der Waals surface area (Å²) in [6.07, 6.45) is 0. The number of rotatable bonds is 2. The van der Waals surface area contributed by atoms with E-state index >= 15 is 0 Å². The number of allylic oxidation sites excluding steroid dienone is 2. The lowest BCUT2D eigenvalue weighted by Crippen LogP contribution is -2.50. The third-order valence-corrected chi connectivity index (χ3v) is 8.64. The molecule has 2 bridgehead atoms. The van der Waals surface area contributed by atoms with E-state index in [1.165, 1.54) is 6.92 Å². The van der Waals surface area contributed by atoms with Gasteiger partial charge in [-0.25, -0.2) is 0 Å². The number of imide groups is 1. The van der Waals surface area contributed by atoms with Crippen LogP contribution in [-0.4, -0.2) is 43.1 Å². The summed E-state index contributed by atoms with van der Waals surface area (Å²) in [5.41, 5.74) is 0. The zero-order valence-electron chi connectivity index (χ0n) is 10.8. The van der Waals surface area contributed by atoms with Gasteiger partial charge >= 0.3 is 0 Å². The summed E-state index contributed by atoms with van der Waals surface area (Å²) in [6, 6.07) is 0. The normalized spacial score (nSPS) is 42.4. The molecule has 22 heavy (non-hydrogen) atoms. The van der Waals surface area contributed by atoms with Crippen LogP contribution in [0.3, 0.4) is 0 Å². The molecule has 0 N–H and O–H groups in total. The second-order valence-electron chi connectivity index (χ2n) is 5.55. The molecule has 1 saturated carbocycles. The van der Waals surface area contributed by atoms with Crippen LogP contribution >= 0.6 is 69.6 Å². The van der Waals surface area contributed by atoms with E-state index in [0.29, 0.717) is 0 Å². The Bertz CT molecular complexity index is 630. The van der Waals surface area contributed by atoms with Crippen molar-refractivity contribution < 1.29 is 14.4 Å². The Labute approximate surface area is 155 Å². The average molecular weight is 426 g/mol. The predicted molar refractivity (Wildman–Crippen MR) is 84.7 cm³/mol. The van der Waals surface area contributed by atoms with E-state index in [1.807, 2.05) is 0 Å². The monoisotopic (exact) mass is 423 g/mol. The van der Waals surface area contributed by atoms with Crippen molar-refractivity contribution in [1.29, 1.82) is 0 Å². The molecule has 2 aliphatic carbocycles. The third kappa shape index (κ3) is 1.53. The number of ketones is 1. The highest BCUT2D eigenvalue weighted by Gasteiger charge is 2.87. The minimum Gasteiger partial charge on any atom is -0.298 e. The van der Waals surface area contributed by atoms with Crippen molar-refractivity contribution in [1.82, 2.24) is 4.90 Å². The Kier molecular flexibility index (Phi) is 3.64. The van der Waals surface area contributed by atoms with Crippen molar-refractivity contribution in [2.24, 2.45) is 11.8 Å². The smallest absolute Gasteiger partial charge is 0.235 e. The minimum atomic E-state index is -1.94. The molecule has 10 heteroatoms. The molecule has 2 amide bonds. The van der Waals surface area contributed by atoms with Crippen LogP contribution in [-0.2, 0) is 14.4 Å². The number of amides is 2. The quantitative estimate of drug-likeness (QED) is 0.505. The fourth-order valence-electron chi connectivity index (χ4n) is 3.43. The highest BCUT2D eigenvalue weighted by molar-refractivity contribution is 6.66. The van der Waals surface area contributed by atoms with Crippen LogP contribution < -0.4 is 0 Å². The summed E-state index contributed by atoms with van der Waals surface area (Å²) in [4.78, 5) is 33.6. The molecule has 0 spiro atoms. The lowest BCUT2D eigenvalue weighted by Gasteiger charge is -2.34. The molecule has 0 radical (unpaired) electrons. The summed E-state index contributed by atoms with van der Waals surface area (Å²) < 4.78 is -1.94. The summed E-state index contributed by atoms with van der Waals surface area (Å²) in [6.45, 7) is 0.874. The Morgan fingerprint density at radius 1 is 1.00 bits per heavy atom. The molecule has 4 nitrogen and oxygen atoms in total. The lowest BCUT2D eigenvalue weighted by molar-refractivity contribution is -0.143. The maximum atomic E-state index is 12.6. The number of hydrogen-bond acceptors (Lipinski definition) is 3. The van der Waals surface area contributed by atoms with Crippen LogP contribution in [0.4, 0.5) is 0 Å². The van der Waals surface area contributed by atoms with Gasteiger partial charge in [-0.2, -0.15) is 0 Å². The van der Waals surface area contributed by atoms with Gasteiger partial charge in [-0.15, -0.1) is 23.2 Å². The van der Waals surface area contributed by atoms with Gasteiger partial charge in [-0.3, -0.25) is 19.3 Å². The fourth-order valence-corrected chi connectivity index (χ4v) is 6.36. The highest BCUT2D eigenvalue weighted by Crippen LogP contribution is 2.77. The standard InChI is InChI=1S/C12H7Cl6NO3/c1-3(20)2-19-8(21)4-5(9(19)22)11(16)7(14)6(13)10(4,15)12(11,17)18/h4-5H,2H2,1H3/t4-,5-,10-,11-/m1/s1. The topological polar surface area (TPSA) is 54.5 Å². The summed E-state index contributed by atoms with van der Waals surface area (Å²) >= 11 is 37.8. The van der Waals surface area contributed by atoms with E-state index in [2.05, 4.69) is 0 Å². The molecule has 0 aromatic heterocycles. The molecule has 3 aliphatic rings. The summed E-state index contributed by atoms with van der Waals surface area (Å²) in [7, 11) is 0. The second kappa shape index (κ2) is 4.68. The molecular weight excluding hydrogens is 419 g/mol. The first-order valence-electron chi connectivity index (χ1n) is 6.10. The lowest BCUT2D eigenvalue weighted by atomic mass is 9.84. The van der Waals surface area contributed by atoms with Gasteiger partial charge in [0.1, 0.15) is 15.5 Å². The van der Waals surface area contributed by atoms with Crippen molar-refractivity contribution in [2.75, 3.05) is 6.54 Å². The van der Waals surface area contributed by atoms with Crippen LogP contribution in [0.1, 0.15) is 6.92 Å². The zero-order chi connectivity index (χ0) is 16.8. The first-order valence-corrected chi connectivity index (χ1v) is 8.37. The van der Waals surface area contributed by atoms with Crippen LogP contribution in [0.5, 0.6) is 0 Å². The van der Waals surface area contributed by atoms with E-state index in [-0.39, 0.29) is 22.4 Å². The van der Waals surface area contributed by atoms with Gasteiger partial charge in [0.15, 0.2) is 4.33 Å². The minimum absolute atomic E-state index is 0.150. The third-order valence-electron chi connectivity index (χ3n) is 4.38. The van der Waals surface area contributed by atoms with E-state index in [9.17, 15) is 14.4 Å². The highest BCUT2D eigenvalue weighted by atomic mass is 35.5. The molecule has 1 heterocycles. The van der Waals surface area contributed by atoms with Crippen LogP contribution in [0, 0.1) is 11.8 Å². The van der Waals surface area contributed by atoms with Gasteiger partial charge in [0.05, 0.1) is 28.4 Å². The maximum Gasteiger partial charge on any atom is 0.235 e. The molecule has 4 atom stereocenters. The molecule has 0 aromatic carbocycles. The van der Waals surface area contributed by atoms with E-state index in [4.69, 9.17) is 69.6 Å². The van der Waals surface area contributed by atoms with Crippen molar-refractivity contribution in [3.63, 3.8) is 0 Å². The molecule has 120 valence electrons. The molecule has 3 rings (SSSR count). The van der Waals surface area contributed by atoms with Gasteiger partial charge in [-0.1, -0.05) is 46.4 Å². The number of fused-ring (bicyclic) bond motifs is 5. The predicted octanol–water partition coefficient (Wildman–Crippen LogP) is 3.02. The number of hydrogen-bond donors (Lipinski definition) is 0. The van der Waals surface area contributed by atoms with Crippen LogP contribution in [0.25, 0.3) is 0 Å². The van der Waals surface area contributed by atoms with Crippen molar-refractivity contribution in [3.8, 4) is 0 Å². The first kappa shape index (κ1) is 17.1. The number of carbonyl (C=O) groups excluding carboxylic acids is 3. The SMILES string of the molecule is CC(=O)CN1C(=O)[C@H]2[C@H](C1=O)[C@@]1(Cl)C(Cl)=C(Cl)[C@@]2(Cl)C1(Cl)Cl. The second-order valence-corrected chi connectivity index (χ2v) is 8.82. The Morgan fingerprint density at radius 3 is 1.68 bits per heavy atom. The van der Waals surface area contributed by atoms with E-state index < -0.39 is 37.7 Å². The van der Waals surface area contributed by atoms with Gasteiger partial charge in [0, 0.05) is 0 Å². The number of likely N-dealkylation sites (tertiary alicyclic amines) is 1. The van der Waals surface area contributed by atoms with Crippen LogP contribution in [0.15, 0.2) is 10.1 Å². The average Bonchev–Trinajstić information content (AvgIpc) is 2.78. The maximum absolute atomic E-state index is 12.6. The van der Waals surface area contributed by atoms with E-state index in [1.54, 1.807) is 0 Å². The molecule has 0 aromatic rings. The number of nitrogens with zero attached hydrogens (tertiary/aromatic N) is 1.